The quantitative estimate of drug-likeness (QED) is 0.160. The summed E-state index contributed by atoms with van der Waals surface area (Å²) < 4.78 is 59.3. The standard InChI is InChI=1S/C40H44O15/c1-24(41)48-23-32-34(50-26(3)43)30(49-25(2)42)20-33(51-32)53-35-31(22-47-21-27-14-8-5-9-15-27)52-40(46-4)37(55-39(45)29-18-12-7-13-19-29)36(35)54-38(44)28-16-10-6-11-17-28/h5-19,30-37,40H,20-23H2,1-4H3/t30-,31?,32?,33+,34+,35-,36?,37?,40+/m1/s1. The van der Waals surface area contributed by atoms with Crippen molar-refractivity contribution >= 4 is 29.8 Å². The number of hydrogen-bond acceptors (Lipinski definition) is 15. The first-order chi connectivity index (χ1) is 26.5. The minimum Gasteiger partial charge on any atom is -0.463 e. The van der Waals surface area contributed by atoms with Crippen molar-refractivity contribution in [1.82, 2.24) is 0 Å². The van der Waals surface area contributed by atoms with Crippen molar-refractivity contribution in [3.8, 4) is 0 Å². The second kappa shape index (κ2) is 19.9. The minimum atomic E-state index is -1.42. The van der Waals surface area contributed by atoms with Crippen LogP contribution in [0.5, 0.6) is 0 Å². The van der Waals surface area contributed by atoms with Crippen LogP contribution < -0.4 is 0 Å². The van der Waals surface area contributed by atoms with Gasteiger partial charge in [0.15, 0.2) is 30.9 Å². The smallest absolute Gasteiger partial charge is 0.338 e. The number of methoxy groups -OCH3 is 1. The van der Waals surface area contributed by atoms with Crippen molar-refractivity contribution < 1.29 is 71.3 Å². The van der Waals surface area contributed by atoms with Gasteiger partial charge in [0.1, 0.15) is 31.0 Å². The van der Waals surface area contributed by atoms with E-state index >= 15 is 0 Å². The number of hydrogen-bond donors (Lipinski definition) is 0. The van der Waals surface area contributed by atoms with Gasteiger partial charge in [-0.3, -0.25) is 14.4 Å². The van der Waals surface area contributed by atoms with Crippen LogP contribution in [0.4, 0.5) is 0 Å². The Bertz CT molecular complexity index is 1720. The number of esters is 5. The van der Waals surface area contributed by atoms with Crippen molar-refractivity contribution in [1.29, 1.82) is 0 Å². The van der Waals surface area contributed by atoms with Crippen LogP contribution in [0.15, 0.2) is 91.0 Å². The van der Waals surface area contributed by atoms with Gasteiger partial charge >= 0.3 is 29.8 Å². The van der Waals surface area contributed by atoms with Gasteiger partial charge in [0.05, 0.1) is 24.3 Å². The summed E-state index contributed by atoms with van der Waals surface area (Å²) in [4.78, 5) is 63.5. The lowest BCUT2D eigenvalue weighted by Gasteiger charge is -2.47. The first-order valence-corrected chi connectivity index (χ1v) is 17.6. The fourth-order valence-corrected chi connectivity index (χ4v) is 6.18. The summed E-state index contributed by atoms with van der Waals surface area (Å²) in [6, 6.07) is 25.7. The Kier molecular flexibility index (Phi) is 14.9. The molecule has 15 nitrogen and oxygen atoms in total. The van der Waals surface area contributed by atoms with Gasteiger partial charge in [-0.15, -0.1) is 0 Å². The van der Waals surface area contributed by atoms with Gasteiger partial charge in [-0.25, -0.2) is 9.59 Å². The van der Waals surface area contributed by atoms with E-state index in [-0.39, 0.29) is 30.8 Å². The molecule has 2 heterocycles. The summed E-state index contributed by atoms with van der Waals surface area (Å²) in [6.45, 7) is 3.19. The number of rotatable bonds is 15. The lowest BCUT2D eigenvalue weighted by molar-refractivity contribution is -0.340. The van der Waals surface area contributed by atoms with Crippen LogP contribution in [-0.2, 0) is 68.4 Å². The lowest BCUT2D eigenvalue weighted by Crippen LogP contribution is -2.64. The Hall–Kier alpha value is -5.19. The summed E-state index contributed by atoms with van der Waals surface area (Å²) >= 11 is 0. The molecule has 9 atom stereocenters. The van der Waals surface area contributed by atoms with Crippen molar-refractivity contribution in [3.63, 3.8) is 0 Å². The predicted octanol–water partition coefficient (Wildman–Crippen LogP) is 3.95. The van der Waals surface area contributed by atoms with E-state index in [1.54, 1.807) is 60.7 Å². The van der Waals surface area contributed by atoms with Crippen LogP contribution >= 0.6 is 0 Å². The zero-order valence-corrected chi connectivity index (χ0v) is 30.8. The van der Waals surface area contributed by atoms with E-state index in [4.69, 9.17) is 47.4 Å². The molecule has 55 heavy (non-hydrogen) atoms. The molecule has 0 saturated carbocycles. The molecule has 0 spiro atoms. The Morgan fingerprint density at radius 1 is 0.600 bits per heavy atom. The third kappa shape index (κ3) is 11.7. The van der Waals surface area contributed by atoms with Crippen LogP contribution in [0.2, 0.25) is 0 Å². The highest BCUT2D eigenvalue weighted by Gasteiger charge is 2.54. The molecule has 0 amide bonds. The lowest BCUT2D eigenvalue weighted by atomic mass is 9.97. The minimum absolute atomic E-state index is 0.134. The Morgan fingerprint density at radius 3 is 1.69 bits per heavy atom. The van der Waals surface area contributed by atoms with Gasteiger partial charge < -0.3 is 47.4 Å². The maximum Gasteiger partial charge on any atom is 0.338 e. The SMILES string of the molecule is CO[C@H]1OC(COCc2ccccc2)[C@@H](O[C@H]2C[C@@H](OC(C)=O)[C@H](OC(C)=O)C(COC(C)=O)O2)C(OC(=O)c2ccccc2)C1OC(=O)c1ccccc1. The molecule has 5 rings (SSSR count). The molecule has 3 aromatic carbocycles. The van der Waals surface area contributed by atoms with E-state index in [2.05, 4.69) is 0 Å². The number of carbonyl (C=O) groups is 5. The van der Waals surface area contributed by atoms with Gasteiger partial charge in [0, 0.05) is 34.3 Å². The van der Waals surface area contributed by atoms with Crippen molar-refractivity contribution in [2.45, 2.75) is 89.1 Å². The van der Waals surface area contributed by atoms with Gasteiger partial charge in [-0.2, -0.15) is 0 Å². The van der Waals surface area contributed by atoms with Crippen molar-refractivity contribution in [2.24, 2.45) is 0 Å². The van der Waals surface area contributed by atoms with E-state index in [0.29, 0.717) is 0 Å². The molecule has 4 unspecified atom stereocenters. The van der Waals surface area contributed by atoms with Gasteiger partial charge in [-0.1, -0.05) is 66.7 Å². The summed E-state index contributed by atoms with van der Waals surface area (Å²) in [7, 11) is 1.34. The highest BCUT2D eigenvalue weighted by molar-refractivity contribution is 5.90. The summed E-state index contributed by atoms with van der Waals surface area (Å²) in [5.41, 5.74) is 1.27. The molecule has 2 fully saturated rings. The molecule has 3 aromatic rings. The maximum absolute atomic E-state index is 13.8. The summed E-state index contributed by atoms with van der Waals surface area (Å²) in [5.74, 6) is -3.56. The zero-order valence-electron chi connectivity index (χ0n) is 30.8. The molecule has 2 saturated heterocycles. The molecule has 2 aliphatic rings. The van der Waals surface area contributed by atoms with Crippen LogP contribution in [0.3, 0.4) is 0 Å². The van der Waals surface area contributed by atoms with Crippen LogP contribution in [0.25, 0.3) is 0 Å². The molecule has 0 radical (unpaired) electrons. The Labute approximate surface area is 318 Å². The molecule has 0 N–H and O–H groups in total. The zero-order chi connectivity index (χ0) is 39.3. The number of carbonyl (C=O) groups excluding carboxylic acids is 5. The molecule has 0 aliphatic carbocycles. The highest BCUT2D eigenvalue weighted by atomic mass is 16.8. The van der Waals surface area contributed by atoms with Crippen LogP contribution in [0, 0.1) is 0 Å². The highest BCUT2D eigenvalue weighted by Crippen LogP contribution is 2.35. The monoisotopic (exact) mass is 764 g/mol. The van der Waals surface area contributed by atoms with E-state index in [1.165, 1.54) is 27.9 Å². The molecule has 0 aromatic heterocycles. The maximum atomic E-state index is 13.8. The number of benzene rings is 3. The first kappa shape index (κ1) is 41.0. The summed E-state index contributed by atoms with van der Waals surface area (Å²) in [5, 5.41) is 0. The second-order valence-electron chi connectivity index (χ2n) is 12.7. The van der Waals surface area contributed by atoms with E-state index < -0.39 is 91.8 Å². The Balaban J connectivity index is 1.53. The van der Waals surface area contributed by atoms with Crippen LogP contribution in [-0.4, -0.2) is 105 Å². The van der Waals surface area contributed by atoms with Crippen molar-refractivity contribution in [2.75, 3.05) is 20.3 Å². The van der Waals surface area contributed by atoms with Gasteiger partial charge in [0.25, 0.3) is 0 Å². The molecule has 15 heteroatoms. The van der Waals surface area contributed by atoms with Gasteiger partial charge in [0.2, 0.25) is 0 Å². The molecule has 2 aliphatic heterocycles. The molecular formula is C40H44O15. The normalized spacial score (nSPS) is 26.2. The van der Waals surface area contributed by atoms with Crippen LogP contribution in [0.1, 0.15) is 53.5 Å². The second-order valence-corrected chi connectivity index (χ2v) is 12.7. The average molecular weight is 765 g/mol. The average Bonchev–Trinajstić information content (AvgIpc) is 3.17. The summed E-state index contributed by atoms with van der Waals surface area (Å²) in [6.07, 6.45) is -11.4. The topological polar surface area (TPSA) is 178 Å². The predicted molar refractivity (Wildman–Crippen MR) is 189 cm³/mol. The largest absolute Gasteiger partial charge is 0.463 e. The third-order valence-electron chi connectivity index (χ3n) is 8.59. The fourth-order valence-electron chi connectivity index (χ4n) is 6.18. The van der Waals surface area contributed by atoms with Crippen molar-refractivity contribution in [3.05, 3.63) is 108 Å². The molecule has 294 valence electrons. The first-order valence-electron chi connectivity index (χ1n) is 17.6. The van der Waals surface area contributed by atoms with E-state index in [9.17, 15) is 24.0 Å². The van der Waals surface area contributed by atoms with E-state index in [0.717, 1.165) is 5.56 Å². The van der Waals surface area contributed by atoms with Gasteiger partial charge in [-0.05, 0) is 29.8 Å². The third-order valence-corrected chi connectivity index (χ3v) is 8.59. The number of ether oxygens (including phenoxy) is 10. The molecular weight excluding hydrogens is 720 g/mol. The van der Waals surface area contributed by atoms with E-state index in [1.807, 2.05) is 30.3 Å². The fraction of sp³-hybridized carbons (Fsp3) is 0.425. The molecule has 0 bridgehead atoms. The Morgan fingerprint density at radius 2 is 1.15 bits per heavy atom.